The summed E-state index contributed by atoms with van der Waals surface area (Å²) in [6.45, 7) is -0.837. The van der Waals surface area contributed by atoms with Crippen LogP contribution in [0.15, 0.2) is 24.3 Å². The third-order valence-corrected chi connectivity index (χ3v) is 3.38. The maximum Gasteiger partial charge on any atom is 0.393 e. The van der Waals surface area contributed by atoms with Gasteiger partial charge in [-0.15, -0.1) is 0 Å². The first kappa shape index (κ1) is 17.8. The summed E-state index contributed by atoms with van der Waals surface area (Å²) in [7, 11) is 0. The molecule has 1 heterocycles. The highest BCUT2D eigenvalue weighted by atomic mass is 19.3. The highest BCUT2D eigenvalue weighted by Crippen LogP contribution is 2.47. The van der Waals surface area contributed by atoms with Crippen molar-refractivity contribution in [3.63, 3.8) is 0 Å². The molecule has 24 heavy (non-hydrogen) atoms. The number of carbonyl (C=O) groups is 3. The van der Waals surface area contributed by atoms with Crippen molar-refractivity contribution in [3.8, 4) is 0 Å². The Labute approximate surface area is 129 Å². The first-order valence-electron chi connectivity index (χ1n) is 6.14. The number of aliphatic carboxylic acids is 1. The van der Waals surface area contributed by atoms with Crippen molar-refractivity contribution in [3.05, 3.63) is 35.4 Å². The average Bonchev–Trinajstić information content (AvgIpc) is 2.83. The lowest BCUT2D eigenvalue weighted by atomic mass is 10.0. The third-order valence-electron chi connectivity index (χ3n) is 3.38. The number of amides is 2. The van der Waals surface area contributed by atoms with Crippen LogP contribution in [0.25, 0.3) is 0 Å². The summed E-state index contributed by atoms with van der Waals surface area (Å²) in [5.74, 6) is -27.2. The van der Waals surface area contributed by atoms with Gasteiger partial charge < -0.3 is 9.90 Å². The zero-order chi connectivity index (χ0) is 18.5. The Balaban J connectivity index is 2.39. The molecule has 0 atom stereocenters. The summed E-state index contributed by atoms with van der Waals surface area (Å²) in [5.41, 5.74) is -0.196. The Morgan fingerprint density at radius 1 is 1.00 bits per heavy atom. The van der Waals surface area contributed by atoms with Gasteiger partial charge in [0.05, 0.1) is 6.54 Å². The molecule has 0 bridgehead atoms. The van der Waals surface area contributed by atoms with Crippen molar-refractivity contribution in [2.45, 2.75) is 24.3 Å². The van der Waals surface area contributed by atoms with Crippen LogP contribution in [0.1, 0.15) is 15.9 Å². The number of benzene rings is 1. The largest absolute Gasteiger partial charge is 0.544 e. The molecular weight excluding hydrogens is 348 g/mol. The molecule has 130 valence electrons. The van der Waals surface area contributed by atoms with E-state index in [1.54, 1.807) is 0 Å². The third kappa shape index (κ3) is 2.22. The maximum atomic E-state index is 13.6. The molecule has 0 aliphatic carbocycles. The van der Waals surface area contributed by atoms with Gasteiger partial charge in [0.15, 0.2) is 0 Å². The molecule has 1 aromatic carbocycles. The first-order valence-corrected chi connectivity index (χ1v) is 6.14. The summed E-state index contributed by atoms with van der Waals surface area (Å²) < 4.78 is 79.6. The average molecular weight is 354 g/mol. The molecule has 11 heteroatoms. The van der Waals surface area contributed by atoms with E-state index >= 15 is 0 Å². The number of hydrogen-bond acceptors (Lipinski definition) is 4. The van der Waals surface area contributed by atoms with Gasteiger partial charge in [-0.3, -0.25) is 14.5 Å². The van der Waals surface area contributed by atoms with E-state index in [4.69, 9.17) is 0 Å². The molecule has 0 N–H and O–H groups in total. The first-order chi connectivity index (χ1) is 10.9. The van der Waals surface area contributed by atoms with Gasteiger partial charge in [-0.2, -0.15) is 26.3 Å². The van der Waals surface area contributed by atoms with Crippen LogP contribution in [0.5, 0.6) is 0 Å². The molecule has 2 rings (SSSR count). The lowest BCUT2D eigenvalue weighted by Gasteiger charge is -2.33. The van der Waals surface area contributed by atoms with Crippen LogP contribution in [0.3, 0.4) is 0 Å². The van der Waals surface area contributed by atoms with Gasteiger partial charge in [0.2, 0.25) is 0 Å². The van der Waals surface area contributed by atoms with Crippen LogP contribution in [-0.4, -0.2) is 40.5 Å². The number of carboxylic acid groups (broad SMARTS) is 1. The van der Waals surface area contributed by atoms with Crippen molar-refractivity contribution in [2.75, 3.05) is 0 Å². The fraction of sp³-hybridized carbons (Fsp3) is 0.308. The van der Waals surface area contributed by atoms with E-state index < -0.39 is 42.1 Å². The van der Waals surface area contributed by atoms with Crippen molar-refractivity contribution >= 4 is 17.8 Å². The van der Waals surface area contributed by atoms with Crippen molar-refractivity contribution in [1.29, 1.82) is 0 Å². The predicted molar refractivity (Wildman–Crippen MR) is 61.2 cm³/mol. The predicted octanol–water partition coefficient (Wildman–Crippen LogP) is 0.825. The molecular formula is C13H6F6NO4-. The Hall–Kier alpha value is -2.59. The molecule has 0 unspecified atom stereocenters. The minimum Gasteiger partial charge on any atom is -0.544 e. The van der Waals surface area contributed by atoms with Crippen LogP contribution in [0.2, 0.25) is 0 Å². The van der Waals surface area contributed by atoms with E-state index in [9.17, 15) is 45.8 Å². The zero-order valence-corrected chi connectivity index (χ0v) is 11.4. The highest BCUT2D eigenvalue weighted by molar-refractivity contribution is 6.10. The molecule has 0 fully saturated rings. The number of halogens is 6. The van der Waals surface area contributed by atoms with E-state index in [0.717, 1.165) is 6.07 Å². The van der Waals surface area contributed by atoms with E-state index in [-0.39, 0.29) is 16.0 Å². The molecule has 5 nitrogen and oxygen atoms in total. The number of rotatable bonds is 4. The van der Waals surface area contributed by atoms with Crippen LogP contribution in [0.4, 0.5) is 26.3 Å². The van der Waals surface area contributed by atoms with Gasteiger partial charge in [-0.25, -0.2) is 0 Å². The lowest BCUT2D eigenvalue weighted by molar-refractivity contribution is -0.365. The number of fused-ring (bicyclic) bond motifs is 1. The maximum absolute atomic E-state index is 13.6. The van der Waals surface area contributed by atoms with Gasteiger partial charge >= 0.3 is 23.7 Å². The second-order valence-electron chi connectivity index (χ2n) is 4.86. The van der Waals surface area contributed by atoms with E-state index in [0.29, 0.717) is 0 Å². The smallest absolute Gasteiger partial charge is 0.393 e. The number of carboxylic acids is 1. The Bertz CT molecular complexity index is 733. The number of carbonyl (C=O) groups excluding carboxylic acids is 3. The van der Waals surface area contributed by atoms with Crippen molar-refractivity contribution in [1.82, 2.24) is 4.90 Å². The number of nitrogens with zero attached hydrogens (tertiary/aromatic N) is 1. The zero-order valence-electron chi connectivity index (χ0n) is 11.4. The van der Waals surface area contributed by atoms with Gasteiger partial charge in [0.1, 0.15) is 5.97 Å². The molecule has 0 radical (unpaired) electrons. The van der Waals surface area contributed by atoms with Crippen LogP contribution in [-0.2, 0) is 16.1 Å². The number of alkyl halides is 6. The summed E-state index contributed by atoms with van der Waals surface area (Å²) in [5, 5.41) is 10.0. The molecule has 0 saturated carbocycles. The molecule has 0 spiro atoms. The van der Waals surface area contributed by atoms with Crippen LogP contribution < -0.4 is 5.11 Å². The number of imide groups is 1. The molecule has 1 aliphatic rings. The number of hydrogen-bond donors (Lipinski definition) is 0. The van der Waals surface area contributed by atoms with E-state index in [2.05, 4.69) is 0 Å². The van der Waals surface area contributed by atoms with Gasteiger partial charge in [0.25, 0.3) is 5.91 Å². The highest BCUT2D eigenvalue weighted by Gasteiger charge is 2.76. The topological polar surface area (TPSA) is 77.5 Å². The summed E-state index contributed by atoms with van der Waals surface area (Å²) in [6.07, 6.45) is 0. The SMILES string of the molecule is O=C1c2ccccc2CN1C(=O)C(F)(F)C(F)(F)C(F)(F)C(=O)[O-]. The van der Waals surface area contributed by atoms with Crippen molar-refractivity contribution in [2.24, 2.45) is 0 Å². The molecule has 2 amide bonds. The van der Waals surface area contributed by atoms with Gasteiger partial charge in [-0.05, 0) is 11.6 Å². The fourth-order valence-electron chi connectivity index (χ4n) is 2.05. The second-order valence-corrected chi connectivity index (χ2v) is 4.86. The Morgan fingerprint density at radius 3 is 2.04 bits per heavy atom. The minimum atomic E-state index is -6.61. The molecule has 0 aromatic heterocycles. The van der Waals surface area contributed by atoms with Crippen molar-refractivity contribution < 1.29 is 45.8 Å². The quantitative estimate of drug-likeness (QED) is 0.751. The second kappa shape index (κ2) is 5.21. The normalized spacial score (nSPS) is 15.4. The Kier molecular flexibility index (Phi) is 3.86. The molecule has 1 aromatic rings. The van der Waals surface area contributed by atoms with Gasteiger partial charge in [-0.1, -0.05) is 18.2 Å². The van der Waals surface area contributed by atoms with E-state index in [1.807, 2.05) is 0 Å². The lowest BCUT2D eigenvalue weighted by Crippen LogP contribution is -2.66. The minimum absolute atomic E-state index is 0.0432. The summed E-state index contributed by atoms with van der Waals surface area (Å²) in [4.78, 5) is 33.1. The van der Waals surface area contributed by atoms with Crippen LogP contribution >= 0.6 is 0 Å². The molecule has 0 saturated heterocycles. The van der Waals surface area contributed by atoms with Gasteiger partial charge in [0, 0.05) is 5.56 Å². The monoisotopic (exact) mass is 354 g/mol. The summed E-state index contributed by atoms with van der Waals surface area (Å²) >= 11 is 0. The standard InChI is InChI=1S/C13H7F6NO4/c14-11(15,13(18,19)12(16,17)10(23)24)9(22)20-5-6-3-1-2-4-7(6)8(20)21/h1-4H,5H2,(H,23,24)/p-1. The van der Waals surface area contributed by atoms with E-state index in [1.165, 1.54) is 18.2 Å². The van der Waals surface area contributed by atoms with Crippen LogP contribution in [0, 0.1) is 0 Å². The summed E-state index contributed by atoms with van der Waals surface area (Å²) in [6, 6.07) is 5.04. The Morgan fingerprint density at radius 2 is 1.54 bits per heavy atom. The molecule has 1 aliphatic heterocycles. The fourth-order valence-corrected chi connectivity index (χ4v) is 2.05.